The minimum absolute atomic E-state index is 0.118. The summed E-state index contributed by atoms with van der Waals surface area (Å²) < 4.78 is 5.01. The van der Waals surface area contributed by atoms with Gasteiger partial charge in [0.1, 0.15) is 11.4 Å². The zero-order valence-electron chi connectivity index (χ0n) is 9.93. The number of aromatic amines is 1. The molecule has 94 valence electrons. The molecule has 0 aliphatic rings. The van der Waals surface area contributed by atoms with Gasteiger partial charge in [-0.25, -0.2) is 4.79 Å². The average molecular weight is 246 g/mol. The van der Waals surface area contributed by atoms with E-state index in [9.17, 15) is 4.79 Å². The maximum Gasteiger partial charge on any atom is 0.342 e. The molecule has 0 spiro atoms. The molecule has 0 saturated carbocycles. The molecule has 1 aromatic heterocycles. The number of nitrogens with two attached hydrogens (primary N) is 2. The van der Waals surface area contributed by atoms with Crippen LogP contribution in [-0.2, 0) is 4.74 Å². The van der Waals surface area contributed by atoms with Crippen LogP contribution in [0.2, 0.25) is 0 Å². The monoisotopic (exact) mass is 246 g/mol. The van der Waals surface area contributed by atoms with Gasteiger partial charge >= 0.3 is 5.97 Å². The fourth-order valence-electron chi connectivity index (χ4n) is 1.75. The van der Waals surface area contributed by atoms with E-state index in [1.54, 1.807) is 6.92 Å². The van der Waals surface area contributed by atoms with E-state index in [0.717, 1.165) is 10.9 Å². The van der Waals surface area contributed by atoms with Crippen molar-refractivity contribution in [2.75, 3.05) is 6.61 Å². The van der Waals surface area contributed by atoms with Gasteiger partial charge in [0.25, 0.3) is 0 Å². The summed E-state index contributed by atoms with van der Waals surface area (Å²) in [4.78, 5) is 18.8. The summed E-state index contributed by atoms with van der Waals surface area (Å²) in [5.74, 6) is -0.253. The van der Waals surface area contributed by atoms with Gasteiger partial charge in [0.05, 0.1) is 6.61 Å². The van der Waals surface area contributed by atoms with Crippen molar-refractivity contribution in [3.63, 3.8) is 0 Å². The number of para-hydroxylation sites is 1. The highest BCUT2D eigenvalue weighted by Gasteiger charge is 2.19. The number of benzene rings is 1. The van der Waals surface area contributed by atoms with Gasteiger partial charge in [-0.15, -0.1) is 0 Å². The van der Waals surface area contributed by atoms with Crippen LogP contribution in [0.4, 0.5) is 5.82 Å². The number of H-pyrrole nitrogens is 1. The summed E-state index contributed by atoms with van der Waals surface area (Å²) in [5, 5.41) is 0.732. The highest BCUT2D eigenvalue weighted by Crippen LogP contribution is 2.28. The van der Waals surface area contributed by atoms with E-state index in [1.807, 2.05) is 24.3 Å². The first-order chi connectivity index (χ1) is 8.63. The first-order valence-electron chi connectivity index (χ1n) is 5.51. The lowest BCUT2D eigenvalue weighted by Crippen LogP contribution is -2.22. The van der Waals surface area contributed by atoms with Crippen LogP contribution in [0.5, 0.6) is 0 Å². The van der Waals surface area contributed by atoms with Crippen LogP contribution in [0.15, 0.2) is 29.3 Å². The maximum atomic E-state index is 11.9. The molecule has 0 aliphatic heterocycles. The average Bonchev–Trinajstić information content (AvgIpc) is 2.66. The van der Waals surface area contributed by atoms with Crippen molar-refractivity contribution in [1.82, 2.24) is 4.98 Å². The van der Waals surface area contributed by atoms with Gasteiger partial charge < -0.3 is 21.2 Å². The first-order valence-corrected chi connectivity index (χ1v) is 5.51. The third-order valence-electron chi connectivity index (χ3n) is 2.41. The number of rotatable bonds is 3. The molecule has 6 nitrogen and oxygen atoms in total. The number of guanidine groups is 1. The highest BCUT2D eigenvalue weighted by molar-refractivity contribution is 6.09. The van der Waals surface area contributed by atoms with E-state index in [4.69, 9.17) is 16.2 Å². The van der Waals surface area contributed by atoms with E-state index in [1.165, 1.54) is 0 Å². The molecule has 6 heteroatoms. The number of hydrogen-bond donors (Lipinski definition) is 3. The van der Waals surface area contributed by atoms with Crippen LogP contribution in [0, 0.1) is 0 Å². The third-order valence-corrected chi connectivity index (χ3v) is 2.41. The van der Waals surface area contributed by atoms with Crippen molar-refractivity contribution in [1.29, 1.82) is 0 Å². The number of aliphatic imine (C=N–C) groups is 1. The van der Waals surface area contributed by atoms with Crippen molar-refractivity contribution in [3.8, 4) is 0 Å². The predicted octanol–water partition coefficient (Wildman–Crippen LogP) is 1.25. The molecule has 2 aromatic rings. The van der Waals surface area contributed by atoms with Gasteiger partial charge in [0.2, 0.25) is 0 Å². The molecule has 0 unspecified atom stereocenters. The lowest BCUT2D eigenvalue weighted by atomic mass is 10.1. The Morgan fingerprint density at radius 2 is 2.11 bits per heavy atom. The van der Waals surface area contributed by atoms with Crippen molar-refractivity contribution in [3.05, 3.63) is 29.8 Å². The number of carbonyl (C=O) groups is 1. The second-order valence-corrected chi connectivity index (χ2v) is 3.65. The van der Waals surface area contributed by atoms with Crippen LogP contribution in [-0.4, -0.2) is 23.5 Å². The Morgan fingerprint density at radius 1 is 1.39 bits per heavy atom. The smallest absolute Gasteiger partial charge is 0.342 e. The predicted molar refractivity (Wildman–Crippen MR) is 69.7 cm³/mol. The van der Waals surface area contributed by atoms with E-state index in [0.29, 0.717) is 18.0 Å². The summed E-state index contributed by atoms with van der Waals surface area (Å²) in [6.07, 6.45) is 0. The Hall–Kier alpha value is -2.50. The third kappa shape index (κ3) is 2.13. The zero-order chi connectivity index (χ0) is 13.1. The maximum absolute atomic E-state index is 11.9. The SMILES string of the molecule is CCOC(=O)c1c(N=C(N)N)[nH]c2ccccc12. The number of ether oxygens (including phenoxy) is 1. The summed E-state index contributed by atoms with van der Waals surface area (Å²) in [6.45, 7) is 2.03. The van der Waals surface area contributed by atoms with Gasteiger partial charge in [-0.1, -0.05) is 18.2 Å². The molecule has 5 N–H and O–H groups in total. The van der Waals surface area contributed by atoms with E-state index in [2.05, 4.69) is 9.98 Å². The van der Waals surface area contributed by atoms with Crippen molar-refractivity contribution in [2.45, 2.75) is 6.92 Å². The number of carbonyl (C=O) groups excluding carboxylic acids is 1. The largest absolute Gasteiger partial charge is 0.462 e. The summed E-state index contributed by atoms with van der Waals surface area (Å²) >= 11 is 0. The molecular weight excluding hydrogens is 232 g/mol. The number of esters is 1. The van der Waals surface area contributed by atoms with Gasteiger partial charge in [-0.2, -0.15) is 4.99 Å². The minimum Gasteiger partial charge on any atom is -0.462 e. The molecule has 0 atom stereocenters. The van der Waals surface area contributed by atoms with E-state index < -0.39 is 5.97 Å². The molecule has 0 amide bonds. The Bertz CT molecular complexity index is 612. The Labute approximate surface area is 104 Å². The van der Waals surface area contributed by atoms with Crippen LogP contribution in [0.3, 0.4) is 0 Å². The molecule has 2 rings (SSSR count). The number of aromatic nitrogens is 1. The van der Waals surface area contributed by atoms with Gasteiger partial charge in [0.15, 0.2) is 5.96 Å². The van der Waals surface area contributed by atoms with Crippen LogP contribution < -0.4 is 11.5 Å². The molecule has 0 saturated heterocycles. The van der Waals surface area contributed by atoms with Crippen LogP contribution in [0.25, 0.3) is 10.9 Å². The summed E-state index contributed by atoms with van der Waals surface area (Å²) in [5.41, 5.74) is 11.8. The normalized spacial score (nSPS) is 10.3. The van der Waals surface area contributed by atoms with Gasteiger partial charge in [-0.05, 0) is 13.0 Å². The fourth-order valence-corrected chi connectivity index (χ4v) is 1.75. The quantitative estimate of drug-likeness (QED) is 0.430. The van der Waals surface area contributed by atoms with Gasteiger partial charge in [-0.3, -0.25) is 0 Å². The van der Waals surface area contributed by atoms with Gasteiger partial charge in [0, 0.05) is 10.9 Å². The zero-order valence-corrected chi connectivity index (χ0v) is 9.93. The van der Waals surface area contributed by atoms with Crippen molar-refractivity contribution >= 4 is 28.6 Å². The lowest BCUT2D eigenvalue weighted by molar-refractivity contribution is 0.0530. The highest BCUT2D eigenvalue weighted by atomic mass is 16.5. The number of nitrogens with one attached hydrogen (secondary N) is 1. The Kier molecular flexibility index (Phi) is 3.18. The van der Waals surface area contributed by atoms with Crippen LogP contribution >= 0.6 is 0 Å². The Morgan fingerprint density at radius 3 is 2.78 bits per heavy atom. The molecule has 0 fully saturated rings. The number of hydrogen-bond acceptors (Lipinski definition) is 3. The molecule has 0 aliphatic carbocycles. The molecule has 0 bridgehead atoms. The Balaban J connectivity index is 2.65. The van der Waals surface area contributed by atoms with E-state index >= 15 is 0 Å². The first kappa shape index (κ1) is 12.0. The standard InChI is InChI=1S/C12H14N4O2/c1-2-18-11(17)9-7-5-3-4-6-8(7)15-10(9)16-12(13)14/h3-6,15H,2H2,1H3,(H4,13,14,16). The van der Waals surface area contributed by atoms with Crippen molar-refractivity contribution in [2.24, 2.45) is 16.5 Å². The lowest BCUT2D eigenvalue weighted by Gasteiger charge is -2.01. The second-order valence-electron chi connectivity index (χ2n) is 3.65. The minimum atomic E-state index is -0.449. The van der Waals surface area contributed by atoms with Crippen molar-refractivity contribution < 1.29 is 9.53 Å². The topological polar surface area (TPSA) is 106 Å². The van der Waals surface area contributed by atoms with E-state index in [-0.39, 0.29) is 5.96 Å². The fraction of sp³-hybridized carbons (Fsp3) is 0.167. The second kappa shape index (κ2) is 4.79. The number of nitrogens with zero attached hydrogens (tertiary/aromatic N) is 1. The number of fused-ring (bicyclic) bond motifs is 1. The van der Waals surface area contributed by atoms with Crippen LogP contribution in [0.1, 0.15) is 17.3 Å². The molecule has 18 heavy (non-hydrogen) atoms. The molecule has 1 heterocycles. The summed E-state index contributed by atoms with van der Waals surface area (Å²) in [7, 11) is 0. The molecular formula is C12H14N4O2. The molecule has 1 aromatic carbocycles. The molecule has 0 radical (unpaired) electrons. The summed E-state index contributed by atoms with van der Waals surface area (Å²) in [6, 6.07) is 7.33.